The molecule has 0 heterocycles. The highest BCUT2D eigenvalue weighted by molar-refractivity contribution is 5.68. The molecule has 0 saturated carbocycles. The number of ether oxygens (including phenoxy) is 3. The monoisotopic (exact) mass is 317 g/mol. The molecule has 6 nitrogen and oxygen atoms in total. The molecule has 0 aromatic heterocycles. The average Bonchev–Trinajstić information content (AvgIpc) is 2.39. The van der Waals surface area contributed by atoms with Gasteiger partial charge in [-0.3, -0.25) is 0 Å². The number of alkyl carbamates (subject to hydrolysis) is 1. The summed E-state index contributed by atoms with van der Waals surface area (Å²) in [5.41, 5.74) is -0.526. The quantitative estimate of drug-likeness (QED) is 0.368. The molecule has 0 bridgehead atoms. The van der Waals surface area contributed by atoms with Crippen LogP contribution in [-0.4, -0.2) is 49.5 Å². The van der Waals surface area contributed by atoms with Gasteiger partial charge in [0.2, 0.25) is 0 Å². The molecule has 0 radical (unpaired) electrons. The van der Waals surface area contributed by atoms with Gasteiger partial charge in [0.25, 0.3) is 0 Å². The van der Waals surface area contributed by atoms with Gasteiger partial charge in [-0.05, 0) is 47.0 Å². The number of nitrogens with one attached hydrogen (secondary N) is 1. The number of aliphatic hydroxyl groups is 1. The second kappa shape index (κ2) is 11.5. The van der Waals surface area contributed by atoms with E-state index in [1.807, 2.05) is 33.8 Å². The number of methoxy groups -OCH3 is 1. The lowest BCUT2D eigenvalue weighted by molar-refractivity contribution is -0.0845. The van der Waals surface area contributed by atoms with E-state index in [-0.39, 0.29) is 25.5 Å². The number of rotatable bonds is 10. The Morgan fingerprint density at radius 1 is 1.32 bits per heavy atom. The smallest absolute Gasteiger partial charge is 0.407 e. The number of carbonyl (C=O) groups excluding carboxylic acids is 1. The minimum absolute atomic E-state index is 0.0558. The van der Waals surface area contributed by atoms with Crippen LogP contribution in [0, 0.1) is 0 Å². The average molecular weight is 317 g/mol. The van der Waals surface area contributed by atoms with Crippen molar-refractivity contribution in [2.24, 2.45) is 0 Å². The molecule has 0 aliphatic heterocycles. The number of allylic oxidation sites excluding steroid dienone is 1. The van der Waals surface area contributed by atoms with Crippen LogP contribution in [0.3, 0.4) is 0 Å². The lowest BCUT2D eigenvalue weighted by Gasteiger charge is -2.27. The van der Waals surface area contributed by atoms with Crippen LogP contribution in [0.15, 0.2) is 12.2 Å². The van der Waals surface area contributed by atoms with Crippen molar-refractivity contribution in [2.75, 3.05) is 20.5 Å². The molecule has 0 saturated heterocycles. The number of aliphatic hydroxyl groups excluding tert-OH is 1. The molecule has 0 aliphatic carbocycles. The largest absolute Gasteiger partial charge is 0.444 e. The van der Waals surface area contributed by atoms with Crippen molar-refractivity contribution in [2.45, 2.75) is 64.7 Å². The maximum absolute atomic E-state index is 11.8. The Morgan fingerprint density at radius 3 is 2.55 bits per heavy atom. The van der Waals surface area contributed by atoms with Gasteiger partial charge in [-0.1, -0.05) is 12.2 Å². The number of hydrogen-bond acceptors (Lipinski definition) is 5. The number of hydrogen-bond donors (Lipinski definition) is 2. The van der Waals surface area contributed by atoms with Crippen molar-refractivity contribution >= 4 is 6.09 Å². The maximum Gasteiger partial charge on any atom is 0.407 e. The van der Waals surface area contributed by atoms with Crippen molar-refractivity contribution in [1.29, 1.82) is 0 Å². The van der Waals surface area contributed by atoms with Crippen LogP contribution in [0.4, 0.5) is 4.79 Å². The molecule has 130 valence electrons. The second-order valence-electron chi connectivity index (χ2n) is 6.13. The molecule has 2 atom stereocenters. The SMILES string of the molecule is COCO[C@H](CCC/C=C/CO)[C@@H](C)NC(=O)OC(C)(C)C. The highest BCUT2D eigenvalue weighted by atomic mass is 16.7. The fourth-order valence-corrected chi connectivity index (χ4v) is 1.85. The Kier molecular flexibility index (Phi) is 10.9. The molecule has 1 amide bonds. The van der Waals surface area contributed by atoms with Crippen LogP contribution in [0.5, 0.6) is 0 Å². The van der Waals surface area contributed by atoms with Gasteiger partial charge < -0.3 is 24.6 Å². The topological polar surface area (TPSA) is 77.0 Å². The van der Waals surface area contributed by atoms with Crippen LogP contribution >= 0.6 is 0 Å². The lowest BCUT2D eigenvalue weighted by atomic mass is 10.1. The van der Waals surface area contributed by atoms with Gasteiger partial charge in [0.05, 0.1) is 18.8 Å². The molecule has 0 aliphatic rings. The summed E-state index contributed by atoms with van der Waals surface area (Å²) in [5.74, 6) is 0. The molecule has 2 N–H and O–H groups in total. The number of amides is 1. The predicted octanol–water partition coefficient (Wildman–Crippen LogP) is 2.61. The van der Waals surface area contributed by atoms with Crippen molar-refractivity contribution in [3.8, 4) is 0 Å². The third-order valence-electron chi connectivity index (χ3n) is 2.83. The summed E-state index contributed by atoms with van der Waals surface area (Å²) in [6.45, 7) is 7.59. The minimum Gasteiger partial charge on any atom is -0.444 e. The van der Waals surface area contributed by atoms with E-state index in [0.717, 1.165) is 19.3 Å². The summed E-state index contributed by atoms with van der Waals surface area (Å²) in [6.07, 6.45) is 5.56. The van der Waals surface area contributed by atoms with Crippen LogP contribution in [0.2, 0.25) is 0 Å². The van der Waals surface area contributed by atoms with Crippen LogP contribution in [-0.2, 0) is 14.2 Å². The normalized spacial score (nSPS) is 14.8. The first-order valence-corrected chi connectivity index (χ1v) is 7.66. The highest BCUT2D eigenvalue weighted by Crippen LogP contribution is 2.12. The molecular weight excluding hydrogens is 286 g/mol. The van der Waals surface area contributed by atoms with Gasteiger partial charge >= 0.3 is 6.09 Å². The molecular formula is C16H31NO5. The predicted molar refractivity (Wildman–Crippen MR) is 85.7 cm³/mol. The van der Waals surface area contributed by atoms with Gasteiger partial charge in [0, 0.05) is 7.11 Å². The van der Waals surface area contributed by atoms with E-state index in [1.54, 1.807) is 13.2 Å². The summed E-state index contributed by atoms with van der Waals surface area (Å²) in [7, 11) is 1.56. The molecule has 0 rings (SSSR count). The van der Waals surface area contributed by atoms with E-state index in [2.05, 4.69) is 5.32 Å². The molecule has 0 unspecified atom stereocenters. The number of unbranched alkanes of at least 4 members (excludes halogenated alkanes) is 1. The van der Waals surface area contributed by atoms with Gasteiger partial charge in [0.15, 0.2) is 0 Å². The fourth-order valence-electron chi connectivity index (χ4n) is 1.85. The molecule has 22 heavy (non-hydrogen) atoms. The Hall–Kier alpha value is -1.11. The van der Waals surface area contributed by atoms with E-state index in [0.29, 0.717) is 0 Å². The lowest BCUT2D eigenvalue weighted by Crippen LogP contribution is -2.44. The Morgan fingerprint density at radius 2 is 2.00 bits per heavy atom. The first-order valence-electron chi connectivity index (χ1n) is 7.66. The minimum atomic E-state index is -0.526. The zero-order valence-electron chi connectivity index (χ0n) is 14.4. The van der Waals surface area contributed by atoms with E-state index in [1.165, 1.54) is 0 Å². The van der Waals surface area contributed by atoms with Crippen molar-refractivity contribution < 1.29 is 24.1 Å². The van der Waals surface area contributed by atoms with Gasteiger partial charge in [-0.25, -0.2) is 4.79 Å². The maximum atomic E-state index is 11.8. The van der Waals surface area contributed by atoms with E-state index in [9.17, 15) is 4.79 Å². The van der Waals surface area contributed by atoms with Crippen molar-refractivity contribution in [3.05, 3.63) is 12.2 Å². The number of carbonyl (C=O) groups is 1. The molecule has 0 aromatic rings. The van der Waals surface area contributed by atoms with E-state index < -0.39 is 11.7 Å². The zero-order chi connectivity index (χ0) is 17.0. The molecule has 0 aromatic carbocycles. The summed E-state index contributed by atoms with van der Waals surface area (Å²) in [4.78, 5) is 11.8. The molecule has 6 heteroatoms. The third kappa shape index (κ3) is 11.5. The van der Waals surface area contributed by atoms with Gasteiger partial charge in [0.1, 0.15) is 12.4 Å². The Bertz CT molecular complexity index is 325. The summed E-state index contributed by atoms with van der Waals surface area (Å²) >= 11 is 0. The van der Waals surface area contributed by atoms with Gasteiger partial charge in [-0.15, -0.1) is 0 Å². The molecule has 0 fully saturated rings. The van der Waals surface area contributed by atoms with Gasteiger partial charge in [-0.2, -0.15) is 0 Å². The van der Waals surface area contributed by atoms with Crippen LogP contribution in [0.25, 0.3) is 0 Å². The Labute approximate surface area is 133 Å². The standard InChI is InChI=1S/C16H31NO5/c1-13(17-15(19)22-16(2,3)4)14(21-12-20-5)10-8-6-7-9-11-18/h7,9,13-14,18H,6,8,10-12H2,1-5H3,(H,17,19)/b9-7+/t13-,14-/m1/s1. The molecule has 0 spiro atoms. The first-order chi connectivity index (χ1) is 10.3. The van der Waals surface area contributed by atoms with E-state index in [4.69, 9.17) is 19.3 Å². The fraction of sp³-hybridized carbons (Fsp3) is 0.812. The van der Waals surface area contributed by atoms with Crippen LogP contribution in [0.1, 0.15) is 47.0 Å². The van der Waals surface area contributed by atoms with Crippen molar-refractivity contribution in [3.63, 3.8) is 0 Å². The summed E-state index contributed by atoms with van der Waals surface area (Å²) < 4.78 is 15.8. The van der Waals surface area contributed by atoms with Crippen LogP contribution < -0.4 is 5.32 Å². The van der Waals surface area contributed by atoms with E-state index >= 15 is 0 Å². The zero-order valence-corrected chi connectivity index (χ0v) is 14.4. The third-order valence-corrected chi connectivity index (χ3v) is 2.83. The van der Waals surface area contributed by atoms with Crippen molar-refractivity contribution in [1.82, 2.24) is 5.32 Å². The Balaban J connectivity index is 4.33. The highest BCUT2D eigenvalue weighted by Gasteiger charge is 2.23. The summed E-state index contributed by atoms with van der Waals surface area (Å²) in [6, 6.07) is -0.188. The second-order valence-corrected chi connectivity index (χ2v) is 6.13. The first kappa shape index (κ1) is 20.9. The summed E-state index contributed by atoms with van der Waals surface area (Å²) in [5, 5.41) is 11.5.